The molecule has 2 N–H and O–H groups in total. The molecule has 1 aromatic heterocycles. The van der Waals surface area contributed by atoms with Crippen LogP contribution >= 0.6 is 11.3 Å². The van der Waals surface area contributed by atoms with E-state index < -0.39 is 0 Å². The summed E-state index contributed by atoms with van der Waals surface area (Å²) in [6.07, 6.45) is 0. The van der Waals surface area contributed by atoms with Gasteiger partial charge in [-0.15, -0.1) is 0 Å². The highest BCUT2D eigenvalue weighted by Gasteiger charge is 2.15. The molecular weight excluding hydrogens is 282 g/mol. The van der Waals surface area contributed by atoms with Crippen molar-refractivity contribution in [2.75, 3.05) is 26.0 Å². The van der Waals surface area contributed by atoms with Gasteiger partial charge in [0.15, 0.2) is 0 Å². The Morgan fingerprint density at radius 3 is 2.52 bits per heavy atom. The van der Waals surface area contributed by atoms with E-state index in [4.69, 9.17) is 0 Å². The van der Waals surface area contributed by atoms with Crippen LogP contribution in [-0.2, 0) is 0 Å². The highest BCUT2D eigenvalue weighted by atomic mass is 32.1. The second-order valence-corrected chi connectivity index (χ2v) is 6.02. The summed E-state index contributed by atoms with van der Waals surface area (Å²) in [5, 5.41) is 9.94. The molecule has 4 nitrogen and oxygen atoms in total. The summed E-state index contributed by atoms with van der Waals surface area (Å²) >= 11 is 1.67. The number of benzene rings is 1. The number of likely N-dealkylation sites (N-methyl/N-ethyl adjacent to an activating group) is 1. The molecule has 1 atom stereocenters. The Balaban J connectivity index is 1.89. The maximum Gasteiger partial charge on any atom is 0.319 e. The molecule has 0 unspecified atom stereocenters. The summed E-state index contributed by atoms with van der Waals surface area (Å²) in [6, 6.07) is 9.84. The van der Waals surface area contributed by atoms with E-state index in [0.29, 0.717) is 6.54 Å². The first-order chi connectivity index (χ1) is 10.1. The third-order valence-electron chi connectivity index (χ3n) is 3.32. The molecule has 0 fully saturated rings. The molecular formula is C16H21N3OS. The molecule has 0 radical (unpaired) electrons. The number of hydrogen-bond donors (Lipinski definition) is 2. The molecule has 5 heteroatoms. The van der Waals surface area contributed by atoms with E-state index in [9.17, 15) is 4.79 Å². The summed E-state index contributed by atoms with van der Waals surface area (Å²) in [6.45, 7) is 2.59. The predicted molar refractivity (Wildman–Crippen MR) is 88.9 cm³/mol. The lowest BCUT2D eigenvalue weighted by Gasteiger charge is -2.24. The minimum absolute atomic E-state index is 0.180. The Hall–Kier alpha value is -1.85. The van der Waals surface area contributed by atoms with Crippen molar-refractivity contribution >= 4 is 23.1 Å². The van der Waals surface area contributed by atoms with E-state index in [2.05, 4.69) is 32.4 Å². The maximum atomic E-state index is 12.0. The molecule has 0 spiro atoms. The van der Waals surface area contributed by atoms with E-state index in [0.717, 1.165) is 5.69 Å². The van der Waals surface area contributed by atoms with E-state index in [1.54, 1.807) is 11.3 Å². The molecule has 21 heavy (non-hydrogen) atoms. The molecule has 0 aliphatic heterocycles. The fourth-order valence-electron chi connectivity index (χ4n) is 2.06. The number of nitrogens with zero attached hydrogens (tertiary/aromatic N) is 1. The molecule has 0 bridgehead atoms. The van der Waals surface area contributed by atoms with Gasteiger partial charge in [0.05, 0.1) is 6.04 Å². The number of urea groups is 1. The van der Waals surface area contributed by atoms with Gasteiger partial charge in [0.1, 0.15) is 0 Å². The van der Waals surface area contributed by atoms with Crippen LogP contribution in [0.4, 0.5) is 10.5 Å². The fourth-order valence-corrected chi connectivity index (χ4v) is 2.77. The van der Waals surface area contributed by atoms with E-state index >= 15 is 0 Å². The highest BCUT2D eigenvalue weighted by Crippen LogP contribution is 2.20. The number of rotatable bonds is 5. The molecule has 2 aromatic rings. The predicted octanol–water partition coefficient (Wildman–Crippen LogP) is 3.48. The molecule has 0 aliphatic carbocycles. The van der Waals surface area contributed by atoms with Gasteiger partial charge < -0.3 is 15.5 Å². The van der Waals surface area contributed by atoms with Crippen LogP contribution in [0, 0.1) is 6.92 Å². The van der Waals surface area contributed by atoms with Crippen LogP contribution < -0.4 is 10.6 Å². The summed E-state index contributed by atoms with van der Waals surface area (Å²) in [7, 11) is 4.03. The zero-order chi connectivity index (χ0) is 15.2. The molecule has 0 aliphatic rings. The number of thiophene rings is 1. The van der Waals surface area contributed by atoms with Crippen LogP contribution in [0.15, 0.2) is 41.1 Å². The Labute approximate surface area is 129 Å². The summed E-state index contributed by atoms with van der Waals surface area (Å²) in [5.74, 6) is 0. The van der Waals surface area contributed by atoms with Crippen molar-refractivity contribution in [3.05, 3.63) is 52.2 Å². The summed E-state index contributed by atoms with van der Waals surface area (Å²) < 4.78 is 0. The number of amides is 2. The zero-order valence-corrected chi connectivity index (χ0v) is 13.4. The molecule has 112 valence electrons. The van der Waals surface area contributed by atoms with Gasteiger partial charge in [-0.05, 0) is 55.5 Å². The van der Waals surface area contributed by atoms with Gasteiger partial charge in [-0.1, -0.05) is 17.7 Å². The first kappa shape index (κ1) is 15.5. The standard InChI is InChI=1S/C16H21N3OS/c1-12-4-6-14(7-5-12)18-16(20)17-10-15(19(2)3)13-8-9-21-11-13/h4-9,11,15H,10H2,1-3H3,(H2,17,18,20)/t15-/m0/s1. The average molecular weight is 303 g/mol. The Morgan fingerprint density at radius 1 is 1.24 bits per heavy atom. The molecule has 2 rings (SSSR count). The SMILES string of the molecule is Cc1ccc(NC(=O)NC[C@@H](c2ccsc2)N(C)C)cc1. The van der Waals surface area contributed by atoms with Gasteiger partial charge in [-0.2, -0.15) is 11.3 Å². The molecule has 2 amide bonds. The van der Waals surface area contributed by atoms with Gasteiger partial charge in [-0.25, -0.2) is 4.79 Å². The average Bonchev–Trinajstić information content (AvgIpc) is 2.95. The van der Waals surface area contributed by atoms with Crippen molar-refractivity contribution in [3.8, 4) is 0 Å². The molecule has 1 aromatic carbocycles. The normalized spacial score (nSPS) is 12.2. The second-order valence-electron chi connectivity index (χ2n) is 5.24. The van der Waals surface area contributed by atoms with E-state index in [1.807, 2.05) is 45.3 Å². The van der Waals surface area contributed by atoms with Crippen molar-refractivity contribution in [2.24, 2.45) is 0 Å². The number of hydrogen-bond acceptors (Lipinski definition) is 3. The lowest BCUT2D eigenvalue weighted by Crippen LogP contribution is -2.36. The van der Waals surface area contributed by atoms with E-state index in [-0.39, 0.29) is 12.1 Å². The maximum absolute atomic E-state index is 12.0. The zero-order valence-electron chi connectivity index (χ0n) is 12.6. The molecule has 0 saturated heterocycles. The number of anilines is 1. The lowest BCUT2D eigenvalue weighted by atomic mass is 10.1. The van der Waals surface area contributed by atoms with Crippen LogP contribution in [0.3, 0.4) is 0 Å². The largest absolute Gasteiger partial charge is 0.336 e. The van der Waals surface area contributed by atoms with Crippen molar-refractivity contribution in [3.63, 3.8) is 0 Å². The second kappa shape index (κ2) is 7.24. The molecule has 1 heterocycles. The summed E-state index contributed by atoms with van der Waals surface area (Å²) in [5.41, 5.74) is 3.20. The Kier molecular flexibility index (Phi) is 5.36. The highest BCUT2D eigenvalue weighted by molar-refractivity contribution is 7.07. The van der Waals surface area contributed by atoms with Gasteiger partial charge in [0.2, 0.25) is 0 Å². The third kappa shape index (κ3) is 4.58. The summed E-state index contributed by atoms with van der Waals surface area (Å²) in [4.78, 5) is 14.1. The third-order valence-corrected chi connectivity index (χ3v) is 4.02. The van der Waals surface area contributed by atoms with Crippen LogP contribution in [-0.4, -0.2) is 31.6 Å². The fraction of sp³-hybridized carbons (Fsp3) is 0.312. The first-order valence-corrected chi connectivity index (χ1v) is 7.80. The first-order valence-electron chi connectivity index (χ1n) is 6.86. The lowest BCUT2D eigenvalue weighted by molar-refractivity contribution is 0.243. The monoisotopic (exact) mass is 303 g/mol. The van der Waals surface area contributed by atoms with Crippen molar-refractivity contribution in [1.82, 2.24) is 10.2 Å². The van der Waals surface area contributed by atoms with Crippen molar-refractivity contribution in [1.29, 1.82) is 0 Å². The number of carbonyl (C=O) groups excluding carboxylic acids is 1. The van der Waals surface area contributed by atoms with E-state index in [1.165, 1.54) is 11.1 Å². The number of carbonyl (C=O) groups is 1. The minimum atomic E-state index is -0.180. The quantitative estimate of drug-likeness (QED) is 0.888. The Morgan fingerprint density at radius 2 is 1.95 bits per heavy atom. The number of nitrogens with one attached hydrogen (secondary N) is 2. The van der Waals surface area contributed by atoms with Gasteiger partial charge in [0.25, 0.3) is 0 Å². The van der Waals surface area contributed by atoms with Crippen molar-refractivity contribution < 1.29 is 4.79 Å². The Bertz CT molecular complexity index is 564. The van der Waals surface area contributed by atoms with Crippen LogP contribution in [0.25, 0.3) is 0 Å². The smallest absolute Gasteiger partial charge is 0.319 e. The van der Waals surface area contributed by atoms with Gasteiger partial charge >= 0.3 is 6.03 Å². The van der Waals surface area contributed by atoms with Crippen LogP contribution in [0.5, 0.6) is 0 Å². The minimum Gasteiger partial charge on any atom is -0.336 e. The van der Waals surface area contributed by atoms with Gasteiger partial charge in [-0.3, -0.25) is 0 Å². The van der Waals surface area contributed by atoms with Gasteiger partial charge in [0, 0.05) is 12.2 Å². The molecule has 0 saturated carbocycles. The topological polar surface area (TPSA) is 44.4 Å². The van der Waals surface area contributed by atoms with Crippen molar-refractivity contribution in [2.45, 2.75) is 13.0 Å². The number of aryl methyl sites for hydroxylation is 1. The van der Waals surface area contributed by atoms with Crippen LogP contribution in [0.1, 0.15) is 17.2 Å². The van der Waals surface area contributed by atoms with Crippen LogP contribution in [0.2, 0.25) is 0 Å².